The first-order valence-electron chi connectivity index (χ1n) is 12.9. The fraction of sp³-hybridized carbons (Fsp3) is 0.667. The molecule has 1 rings (SSSR count). The number of carboxylic acids is 1. The molecule has 1 aromatic rings. The fourth-order valence-electron chi connectivity index (χ4n) is 3.23. The maximum absolute atomic E-state index is 11.3. The lowest BCUT2D eigenvalue weighted by Crippen LogP contribution is -2.17. The second-order valence-electron chi connectivity index (χ2n) is 8.30. The van der Waals surface area contributed by atoms with Crippen molar-refractivity contribution in [1.82, 2.24) is 0 Å². The number of benzene rings is 1. The Labute approximate surface area is 214 Å². The Morgan fingerprint density at radius 3 is 1.86 bits per heavy atom. The van der Waals surface area contributed by atoms with E-state index in [1.807, 2.05) is 12.1 Å². The van der Waals surface area contributed by atoms with E-state index >= 15 is 0 Å². The van der Waals surface area contributed by atoms with E-state index < -0.39 is 17.7 Å². The molecule has 0 saturated heterocycles. The highest BCUT2D eigenvalue weighted by Crippen LogP contribution is 2.15. The van der Waals surface area contributed by atoms with Crippen LogP contribution in [0.4, 0.5) is 0 Å². The number of hydrogen-bond donors (Lipinski definition) is 1. The van der Waals surface area contributed by atoms with Crippen molar-refractivity contribution in [3.05, 3.63) is 29.8 Å². The van der Waals surface area contributed by atoms with Crippen molar-refractivity contribution in [1.29, 1.82) is 0 Å². The Morgan fingerprint density at radius 1 is 0.694 bits per heavy atom. The standard InChI is InChI=1S/C27H42O9/c1-2-3-4-5-6-7-8-23-9-11-24(12-10-23)35-21-19-33-17-15-32-16-18-34-20-22-36-26(29)14-13-25(28)27(30)31/h9-12H,2-8,13-22H2,1H3,(H,30,31). The van der Waals surface area contributed by atoms with Crippen LogP contribution in [-0.2, 0) is 39.8 Å². The van der Waals surface area contributed by atoms with Crippen LogP contribution in [0.3, 0.4) is 0 Å². The number of aliphatic carboxylic acids is 1. The number of rotatable bonds is 24. The van der Waals surface area contributed by atoms with Crippen LogP contribution in [0, 0.1) is 0 Å². The number of aryl methyl sites for hydroxylation is 1. The molecule has 0 aliphatic heterocycles. The Kier molecular flexibility index (Phi) is 19.1. The number of carbonyl (C=O) groups is 3. The van der Waals surface area contributed by atoms with Gasteiger partial charge in [0, 0.05) is 6.42 Å². The Bertz CT molecular complexity index is 718. The smallest absolute Gasteiger partial charge is 0.372 e. The number of ether oxygens (including phenoxy) is 5. The zero-order valence-corrected chi connectivity index (χ0v) is 21.5. The highest BCUT2D eigenvalue weighted by Gasteiger charge is 2.14. The quantitative estimate of drug-likeness (QED) is 0.125. The van der Waals surface area contributed by atoms with Crippen LogP contribution in [-0.4, -0.2) is 75.7 Å². The molecule has 204 valence electrons. The first kappa shape index (κ1) is 31.5. The van der Waals surface area contributed by atoms with Crippen molar-refractivity contribution in [2.24, 2.45) is 0 Å². The largest absolute Gasteiger partial charge is 0.491 e. The molecule has 1 N–H and O–H groups in total. The number of hydrogen-bond acceptors (Lipinski definition) is 8. The summed E-state index contributed by atoms with van der Waals surface area (Å²) in [6.07, 6.45) is 8.33. The lowest BCUT2D eigenvalue weighted by molar-refractivity contribution is -0.151. The van der Waals surface area contributed by atoms with Gasteiger partial charge in [0.15, 0.2) is 0 Å². The zero-order chi connectivity index (χ0) is 26.3. The molecule has 1 aromatic carbocycles. The van der Waals surface area contributed by atoms with E-state index in [1.54, 1.807) is 0 Å². The third kappa shape index (κ3) is 17.9. The fourth-order valence-corrected chi connectivity index (χ4v) is 3.23. The van der Waals surface area contributed by atoms with Crippen LogP contribution in [0.2, 0.25) is 0 Å². The molecule has 0 spiro atoms. The van der Waals surface area contributed by atoms with Gasteiger partial charge in [-0.3, -0.25) is 9.59 Å². The minimum absolute atomic E-state index is 0.0328. The van der Waals surface area contributed by atoms with Gasteiger partial charge in [-0.1, -0.05) is 51.2 Å². The molecule has 9 heteroatoms. The van der Waals surface area contributed by atoms with Crippen molar-refractivity contribution < 1.29 is 43.2 Å². The average molecular weight is 511 g/mol. The molecule has 0 aromatic heterocycles. The SMILES string of the molecule is CCCCCCCCc1ccc(OCCOCCOCCOCCOC(=O)CCC(=O)C(=O)O)cc1. The predicted molar refractivity (Wildman–Crippen MR) is 134 cm³/mol. The zero-order valence-electron chi connectivity index (χ0n) is 21.5. The van der Waals surface area contributed by atoms with Gasteiger partial charge >= 0.3 is 11.9 Å². The number of ketones is 1. The van der Waals surface area contributed by atoms with Crippen LogP contribution in [0.15, 0.2) is 24.3 Å². The number of carboxylic acid groups (broad SMARTS) is 1. The number of Topliss-reactive ketones (excluding diaryl/α,β-unsaturated/α-hetero) is 1. The van der Waals surface area contributed by atoms with E-state index in [9.17, 15) is 14.4 Å². The van der Waals surface area contributed by atoms with Crippen LogP contribution < -0.4 is 4.74 Å². The van der Waals surface area contributed by atoms with E-state index in [-0.39, 0.29) is 26.1 Å². The van der Waals surface area contributed by atoms with Gasteiger partial charge in [-0.15, -0.1) is 0 Å². The summed E-state index contributed by atoms with van der Waals surface area (Å²) >= 11 is 0. The first-order valence-corrected chi connectivity index (χ1v) is 12.9. The van der Waals surface area contributed by atoms with Gasteiger partial charge in [0.1, 0.15) is 19.0 Å². The summed E-state index contributed by atoms with van der Waals surface area (Å²) in [5, 5.41) is 8.43. The lowest BCUT2D eigenvalue weighted by atomic mass is 10.0. The van der Waals surface area contributed by atoms with E-state index in [0.717, 1.165) is 12.2 Å². The van der Waals surface area contributed by atoms with Crippen LogP contribution in [0.1, 0.15) is 63.9 Å². The minimum atomic E-state index is -1.55. The molecular formula is C27H42O9. The summed E-state index contributed by atoms with van der Waals surface area (Å²) in [5.74, 6) is -2.35. The van der Waals surface area contributed by atoms with Crippen molar-refractivity contribution in [3.8, 4) is 5.75 Å². The molecule has 0 aliphatic carbocycles. The maximum atomic E-state index is 11.3. The average Bonchev–Trinajstić information content (AvgIpc) is 2.88. The highest BCUT2D eigenvalue weighted by molar-refractivity contribution is 6.32. The Hall–Kier alpha value is -2.49. The second-order valence-corrected chi connectivity index (χ2v) is 8.30. The van der Waals surface area contributed by atoms with Crippen LogP contribution >= 0.6 is 0 Å². The number of unbranched alkanes of at least 4 members (excludes halogenated alkanes) is 5. The summed E-state index contributed by atoms with van der Waals surface area (Å²) < 4.78 is 26.7. The minimum Gasteiger partial charge on any atom is -0.491 e. The molecule has 0 fully saturated rings. The highest BCUT2D eigenvalue weighted by atomic mass is 16.6. The summed E-state index contributed by atoms with van der Waals surface area (Å²) in [6.45, 7) is 5.02. The number of esters is 1. The Balaban J connectivity index is 1.87. The van der Waals surface area contributed by atoms with Gasteiger partial charge in [0.25, 0.3) is 0 Å². The molecule has 0 atom stereocenters. The summed E-state index contributed by atoms with van der Waals surface area (Å²) in [6, 6.07) is 8.29. The normalized spacial score (nSPS) is 10.8. The van der Waals surface area contributed by atoms with Crippen molar-refractivity contribution in [2.75, 3.05) is 52.9 Å². The van der Waals surface area contributed by atoms with Crippen molar-refractivity contribution >= 4 is 17.7 Å². The molecule has 9 nitrogen and oxygen atoms in total. The predicted octanol–water partition coefficient (Wildman–Crippen LogP) is 4.00. The monoisotopic (exact) mass is 510 g/mol. The maximum Gasteiger partial charge on any atom is 0.372 e. The van der Waals surface area contributed by atoms with Crippen molar-refractivity contribution in [2.45, 2.75) is 64.7 Å². The van der Waals surface area contributed by atoms with E-state index in [1.165, 1.54) is 44.1 Å². The van der Waals surface area contributed by atoms with E-state index in [4.69, 9.17) is 28.8 Å². The lowest BCUT2D eigenvalue weighted by Gasteiger charge is -2.09. The molecule has 0 radical (unpaired) electrons. The molecular weight excluding hydrogens is 468 g/mol. The molecule has 0 saturated carbocycles. The third-order valence-electron chi connectivity index (χ3n) is 5.27. The van der Waals surface area contributed by atoms with E-state index in [2.05, 4.69) is 19.1 Å². The molecule has 36 heavy (non-hydrogen) atoms. The third-order valence-corrected chi connectivity index (χ3v) is 5.27. The van der Waals surface area contributed by atoms with Gasteiger partial charge in [-0.05, 0) is 30.5 Å². The van der Waals surface area contributed by atoms with Crippen LogP contribution in [0.5, 0.6) is 5.75 Å². The molecule has 0 heterocycles. The van der Waals surface area contributed by atoms with Gasteiger partial charge in [0.2, 0.25) is 5.78 Å². The van der Waals surface area contributed by atoms with Crippen molar-refractivity contribution in [3.63, 3.8) is 0 Å². The summed E-state index contributed by atoms with van der Waals surface area (Å²) in [5.41, 5.74) is 1.35. The van der Waals surface area contributed by atoms with Gasteiger partial charge < -0.3 is 28.8 Å². The Morgan fingerprint density at radius 2 is 1.25 bits per heavy atom. The van der Waals surface area contributed by atoms with Gasteiger partial charge in [-0.25, -0.2) is 4.79 Å². The first-order chi connectivity index (χ1) is 17.5. The summed E-state index contributed by atoms with van der Waals surface area (Å²) in [4.78, 5) is 32.6. The summed E-state index contributed by atoms with van der Waals surface area (Å²) in [7, 11) is 0. The second kappa shape index (κ2) is 21.8. The van der Waals surface area contributed by atoms with Gasteiger partial charge in [-0.2, -0.15) is 0 Å². The topological polar surface area (TPSA) is 118 Å². The van der Waals surface area contributed by atoms with Gasteiger partial charge in [0.05, 0.1) is 46.1 Å². The van der Waals surface area contributed by atoms with E-state index in [0.29, 0.717) is 39.6 Å². The number of carbonyl (C=O) groups excluding carboxylic acids is 2. The molecule has 0 bridgehead atoms. The van der Waals surface area contributed by atoms with Crippen LogP contribution in [0.25, 0.3) is 0 Å². The molecule has 0 amide bonds. The molecule has 0 unspecified atom stereocenters. The molecule has 0 aliphatic rings.